The molecule has 0 aliphatic carbocycles. The van der Waals surface area contributed by atoms with Gasteiger partial charge in [0, 0.05) is 11.6 Å². The van der Waals surface area contributed by atoms with E-state index in [0.29, 0.717) is 18.0 Å². The van der Waals surface area contributed by atoms with Crippen LogP contribution in [0, 0.1) is 0 Å². The normalized spacial score (nSPS) is 12.2. The van der Waals surface area contributed by atoms with E-state index < -0.39 is 0 Å². The summed E-state index contributed by atoms with van der Waals surface area (Å²) in [6.07, 6.45) is 0.453. The molecule has 1 amide bonds. The molecule has 3 nitrogen and oxygen atoms in total. The van der Waals surface area contributed by atoms with Gasteiger partial charge in [0.05, 0.1) is 12.5 Å². The number of rotatable bonds is 5. The standard InChI is InChI=1S/C12H16ClNO2/c1-9(15)6-7-14-12(16)8-10-4-2-3-5-11(10)13/h2-5,9,15H,6-8H2,1H3,(H,14,16). The maximum atomic E-state index is 11.5. The van der Waals surface area contributed by atoms with Crippen LogP contribution in [0.4, 0.5) is 0 Å². The number of carbonyl (C=O) groups excluding carboxylic acids is 1. The summed E-state index contributed by atoms with van der Waals surface area (Å²) in [5.74, 6) is -0.0752. The average Bonchev–Trinajstić information content (AvgIpc) is 2.21. The van der Waals surface area contributed by atoms with Crippen molar-refractivity contribution in [2.24, 2.45) is 0 Å². The van der Waals surface area contributed by atoms with E-state index >= 15 is 0 Å². The van der Waals surface area contributed by atoms with Gasteiger partial charge in [0.25, 0.3) is 0 Å². The van der Waals surface area contributed by atoms with Crippen LogP contribution in [0.5, 0.6) is 0 Å². The highest BCUT2D eigenvalue weighted by atomic mass is 35.5. The number of halogens is 1. The molecule has 0 heterocycles. The van der Waals surface area contributed by atoms with Crippen LogP contribution in [0.1, 0.15) is 18.9 Å². The molecule has 0 spiro atoms. The zero-order valence-corrected chi connectivity index (χ0v) is 10.00. The summed E-state index contributed by atoms with van der Waals surface area (Å²) in [7, 11) is 0. The zero-order chi connectivity index (χ0) is 12.0. The van der Waals surface area contributed by atoms with Gasteiger partial charge in [0.15, 0.2) is 0 Å². The van der Waals surface area contributed by atoms with Crippen LogP contribution in [0.15, 0.2) is 24.3 Å². The number of nitrogens with one attached hydrogen (secondary N) is 1. The van der Waals surface area contributed by atoms with E-state index in [4.69, 9.17) is 16.7 Å². The van der Waals surface area contributed by atoms with Crippen molar-refractivity contribution in [2.75, 3.05) is 6.54 Å². The van der Waals surface area contributed by atoms with Crippen molar-refractivity contribution >= 4 is 17.5 Å². The Kier molecular flexibility index (Phi) is 5.29. The minimum atomic E-state index is -0.388. The second kappa shape index (κ2) is 6.51. The topological polar surface area (TPSA) is 49.3 Å². The molecule has 0 radical (unpaired) electrons. The summed E-state index contributed by atoms with van der Waals surface area (Å²) in [6, 6.07) is 7.28. The van der Waals surface area contributed by atoms with Gasteiger partial charge in [-0.25, -0.2) is 0 Å². The minimum absolute atomic E-state index is 0.0752. The number of aliphatic hydroxyl groups excluding tert-OH is 1. The van der Waals surface area contributed by atoms with Crippen molar-refractivity contribution in [3.8, 4) is 0 Å². The third-order valence-corrected chi connectivity index (χ3v) is 2.56. The van der Waals surface area contributed by atoms with Crippen LogP contribution < -0.4 is 5.32 Å². The second-order valence-electron chi connectivity index (χ2n) is 3.76. The van der Waals surface area contributed by atoms with E-state index in [0.717, 1.165) is 5.56 Å². The summed E-state index contributed by atoms with van der Waals surface area (Å²) in [4.78, 5) is 11.5. The summed E-state index contributed by atoms with van der Waals surface area (Å²) in [5, 5.41) is 12.4. The Balaban J connectivity index is 2.37. The van der Waals surface area contributed by atoms with Gasteiger partial charge in [0.2, 0.25) is 5.91 Å². The fourth-order valence-electron chi connectivity index (χ4n) is 1.30. The molecule has 4 heteroatoms. The molecule has 1 rings (SSSR count). The Hall–Kier alpha value is -1.06. The van der Waals surface area contributed by atoms with Crippen LogP contribution in [0.25, 0.3) is 0 Å². The maximum Gasteiger partial charge on any atom is 0.224 e. The molecule has 2 N–H and O–H groups in total. The Morgan fingerprint density at radius 3 is 2.81 bits per heavy atom. The molecule has 16 heavy (non-hydrogen) atoms. The molecule has 1 atom stereocenters. The lowest BCUT2D eigenvalue weighted by atomic mass is 10.1. The van der Waals surface area contributed by atoms with Gasteiger partial charge in [-0.2, -0.15) is 0 Å². The minimum Gasteiger partial charge on any atom is -0.393 e. The van der Waals surface area contributed by atoms with Crippen LogP contribution >= 0.6 is 11.6 Å². The van der Waals surface area contributed by atoms with Crippen molar-refractivity contribution in [1.29, 1.82) is 0 Å². The second-order valence-corrected chi connectivity index (χ2v) is 4.16. The molecule has 0 aromatic heterocycles. The van der Waals surface area contributed by atoms with Crippen LogP contribution in [0.3, 0.4) is 0 Å². The van der Waals surface area contributed by atoms with Gasteiger partial charge in [0.1, 0.15) is 0 Å². The Labute approximate surface area is 100 Å². The monoisotopic (exact) mass is 241 g/mol. The van der Waals surface area contributed by atoms with E-state index in [-0.39, 0.29) is 18.4 Å². The quantitative estimate of drug-likeness (QED) is 0.826. The summed E-state index contributed by atoms with van der Waals surface area (Å²) < 4.78 is 0. The zero-order valence-electron chi connectivity index (χ0n) is 9.24. The van der Waals surface area contributed by atoms with Gasteiger partial charge < -0.3 is 10.4 Å². The highest BCUT2D eigenvalue weighted by Gasteiger charge is 2.06. The lowest BCUT2D eigenvalue weighted by Gasteiger charge is -2.07. The van der Waals surface area contributed by atoms with Gasteiger partial charge in [-0.15, -0.1) is 0 Å². The SMILES string of the molecule is CC(O)CCNC(=O)Cc1ccccc1Cl. The summed E-state index contributed by atoms with van der Waals surface area (Å²) >= 11 is 5.93. The van der Waals surface area contributed by atoms with Crippen molar-refractivity contribution in [3.63, 3.8) is 0 Å². The lowest BCUT2D eigenvalue weighted by molar-refractivity contribution is -0.120. The first-order valence-corrected chi connectivity index (χ1v) is 5.65. The van der Waals surface area contributed by atoms with Crippen LogP contribution in [-0.2, 0) is 11.2 Å². The molecular weight excluding hydrogens is 226 g/mol. The van der Waals surface area contributed by atoms with Crippen molar-refractivity contribution in [1.82, 2.24) is 5.32 Å². The van der Waals surface area contributed by atoms with Crippen molar-refractivity contribution in [2.45, 2.75) is 25.9 Å². The van der Waals surface area contributed by atoms with Gasteiger partial charge in [-0.1, -0.05) is 29.8 Å². The molecule has 0 aliphatic heterocycles. The van der Waals surface area contributed by atoms with Gasteiger partial charge in [-0.05, 0) is 25.0 Å². The molecule has 1 aromatic carbocycles. The molecule has 0 saturated heterocycles. The third-order valence-electron chi connectivity index (χ3n) is 2.19. The van der Waals surface area contributed by atoms with Crippen LogP contribution in [-0.4, -0.2) is 23.7 Å². The van der Waals surface area contributed by atoms with E-state index in [1.54, 1.807) is 13.0 Å². The van der Waals surface area contributed by atoms with E-state index in [1.165, 1.54) is 0 Å². The first-order valence-electron chi connectivity index (χ1n) is 5.27. The van der Waals surface area contributed by atoms with Gasteiger partial charge in [-0.3, -0.25) is 4.79 Å². The maximum absolute atomic E-state index is 11.5. The first-order chi connectivity index (χ1) is 7.59. The Morgan fingerprint density at radius 1 is 1.50 bits per heavy atom. The smallest absolute Gasteiger partial charge is 0.224 e. The molecule has 1 aromatic rings. The number of carbonyl (C=O) groups is 1. The van der Waals surface area contributed by atoms with Crippen molar-refractivity contribution in [3.05, 3.63) is 34.9 Å². The highest BCUT2D eigenvalue weighted by Crippen LogP contribution is 2.15. The number of aliphatic hydroxyl groups is 1. The number of amides is 1. The van der Waals surface area contributed by atoms with E-state index in [9.17, 15) is 4.79 Å². The predicted molar refractivity (Wildman–Crippen MR) is 64.5 cm³/mol. The Bertz CT molecular complexity index is 353. The number of hydrogen-bond donors (Lipinski definition) is 2. The molecule has 0 fully saturated rings. The van der Waals surface area contributed by atoms with E-state index in [1.807, 2.05) is 18.2 Å². The predicted octanol–water partition coefficient (Wildman–Crippen LogP) is 1.77. The molecular formula is C12H16ClNO2. The molecule has 88 valence electrons. The molecule has 0 saturated carbocycles. The molecule has 0 bridgehead atoms. The van der Waals surface area contributed by atoms with E-state index in [2.05, 4.69) is 5.32 Å². The average molecular weight is 242 g/mol. The molecule has 1 unspecified atom stereocenters. The summed E-state index contributed by atoms with van der Waals surface area (Å²) in [5.41, 5.74) is 0.818. The number of hydrogen-bond acceptors (Lipinski definition) is 2. The fraction of sp³-hybridized carbons (Fsp3) is 0.417. The van der Waals surface area contributed by atoms with Crippen LogP contribution in [0.2, 0.25) is 5.02 Å². The Morgan fingerprint density at radius 2 is 2.19 bits per heavy atom. The third kappa shape index (κ3) is 4.64. The molecule has 0 aliphatic rings. The largest absolute Gasteiger partial charge is 0.393 e. The first kappa shape index (κ1) is 13.0. The van der Waals surface area contributed by atoms with Crippen molar-refractivity contribution < 1.29 is 9.90 Å². The lowest BCUT2D eigenvalue weighted by Crippen LogP contribution is -2.27. The summed E-state index contributed by atoms with van der Waals surface area (Å²) in [6.45, 7) is 2.18. The highest BCUT2D eigenvalue weighted by molar-refractivity contribution is 6.31. The number of benzene rings is 1. The van der Waals surface area contributed by atoms with Gasteiger partial charge >= 0.3 is 0 Å². The fourth-order valence-corrected chi connectivity index (χ4v) is 1.50.